The first-order chi connectivity index (χ1) is 13.5. The Labute approximate surface area is 165 Å². The molecule has 6 heteroatoms. The predicted octanol–water partition coefficient (Wildman–Crippen LogP) is 3.89. The van der Waals surface area contributed by atoms with Crippen LogP contribution in [-0.2, 0) is 0 Å². The van der Waals surface area contributed by atoms with E-state index in [1.807, 2.05) is 60.1 Å². The molecule has 3 aromatic rings. The van der Waals surface area contributed by atoms with Gasteiger partial charge in [-0.1, -0.05) is 31.5 Å². The maximum atomic E-state index is 12.9. The SMILES string of the molecule is Cc1ccc(-n2ncc(C(=O)Nc3ccc(OCCN)cc3)c2C(C)C)cc1. The second-order valence-electron chi connectivity index (χ2n) is 6.96. The maximum absolute atomic E-state index is 12.9. The number of rotatable bonds is 7. The summed E-state index contributed by atoms with van der Waals surface area (Å²) in [6.07, 6.45) is 1.63. The molecule has 0 aliphatic rings. The van der Waals surface area contributed by atoms with E-state index >= 15 is 0 Å². The Hall–Kier alpha value is -3.12. The number of aromatic nitrogens is 2. The molecule has 28 heavy (non-hydrogen) atoms. The van der Waals surface area contributed by atoms with Crippen LogP contribution in [0.15, 0.2) is 54.7 Å². The second kappa shape index (κ2) is 8.71. The lowest BCUT2D eigenvalue weighted by molar-refractivity contribution is 0.102. The van der Waals surface area contributed by atoms with Crippen LogP contribution in [0.2, 0.25) is 0 Å². The molecule has 0 spiro atoms. The molecule has 3 N–H and O–H groups in total. The third-order valence-corrected chi connectivity index (χ3v) is 4.38. The highest BCUT2D eigenvalue weighted by molar-refractivity contribution is 6.05. The first-order valence-corrected chi connectivity index (χ1v) is 9.39. The van der Waals surface area contributed by atoms with Crippen LogP contribution in [-0.4, -0.2) is 28.8 Å². The Morgan fingerprint density at radius 2 is 1.82 bits per heavy atom. The van der Waals surface area contributed by atoms with Gasteiger partial charge in [0, 0.05) is 12.2 Å². The van der Waals surface area contributed by atoms with Crippen LogP contribution >= 0.6 is 0 Å². The van der Waals surface area contributed by atoms with Gasteiger partial charge in [-0.3, -0.25) is 4.79 Å². The normalized spacial score (nSPS) is 10.9. The van der Waals surface area contributed by atoms with Gasteiger partial charge in [-0.25, -0.2) is 4.68 Å². The van der Waals surface area contributed by atoms with E-state index in [9.17, 15) is 4.79 Å². The number of nitrogens with one attached hydrogen (secondary N) is 1. The summed E-state index contributed by atoms with van der Waals surface area (Å²) in [6.45, 7) is 7.08. The average molecular weight is 378 g/mol. The second-order valence-corrected chi connectivity index (χ2v) is 6.96. The minimum Gasteiger partial charge on any atom is -0.492 e. The topological polar surface area (TPSA) is 82.2 Å². The molecule has 0 bridgehead atoms. The van der Waals surface area contributed by atoms with Gasteiger partial charge >= 0.3 is 0 Å². The van der Waals surface area contributed by atoms with Crippen molar-refractivity contribution < 1.29 is 9.53 Å². The van der Waals surface area contributed by atoms with Crippen LogP contribution in [0.3, 0.4) is 0 Å². The smallest absolute Gasteiger partial charge is 0.259 e. The zero-order chi connectivity index (χ0) is 20.1. The Balaban J connectivity index is 1.82. The summed E-state index contributed by atoms with van der Waals surface area (Å²) in [5.74, 6) is 0.674. The minimum absolute atomic E-state index is 0.136. The van der Waals surface area contributed by atoms with Crippen LogP contribution < -0.4 is 15.8 Å². The van der Waals surface area contributed by atoms with Crippen molar-refractivity contribution in [1.82, 2.24) is 9.78 Å². The number of amides is 1. The molecule has 3 rings (SSSR count). The fraction of sp³-hybridized carbons (Fsp3) is 0.273. The molecule has 2 aromatic carbocycles. The van der Waals surface area contributed by atoms with Crippen molar-refractivity contribution in [2.45, 2.75) is 26.7 Å². The molecular weight excluding hydrogens is 352 g/mol. The van der Waals surface area contributed by atoms with Gasteiger partial charge in [0.25, 0.3) is 5.91 Å². The summed E-state index contributed by atoms with van der Waals surface area (Å²) in [4.78, 5) is 12.9. The number of hydrogen-bond donors (Lipinski definition) is 2. The fourth-order valence-corrected chi connectivity index (χ4v) is 2.99. The van der Waals surface area contributed by atoms with Crippen molar-refractivity contribution in [1.29, 1.82) is 0 Å². The maximum Gasteiger partial charge on any atom is 0.259 e. The van der Waals surface area contributed by atoms with Gasteiger partial charge < -0.3 is 15.8 Å². The molecule has 0 unspecified atom stereocenters. The van der Waals surface area contributed by atoms with Crippen molar-refractivity contribution in [3.05, 3.63) is 71.5 Å². The van der Waals surface area contributed by atoms with Gasteiger partial charge in [0.15, 0.2) is 0 Å². The van der Waals surface area contributed by atoms with Crippen LogP contribution in [0, 0.1) is 6.92 Å². The number of carbonyl (C=O) groups excluding carboxylic acids is 1. The Bertz CT molecular complexity index is 928. The Morgan fingerprint density at radius 3 is 2.43 bits per heavy atom. The van der Waals surface area contributed by atoms with Crippen molar-refractivity contribution in [3.63, 3.8) is 0 Å². The van der Waals surface area contributed by atoms with E-state index in [4.69, 9.17) is 10.5 Å². The third kappa shape index (κ3) is 4.40. The summed E-state index contributed by atoms with van der Waals surface area (Å²) in [5, 5.41) is 7.41. The standard InChI is InChI=1S/C22H26N4O2/c1-15(2)21-20(14-24-26(21)18-8-4-16(3)5-9-18)22(27)25-17-6-10-19(11-7-17)28-13-12-23/h4-11,14-15H,12-13,23H2,1-3H3,(H,25,27). The molecule has 0 saturated carbocycles. The van der Waals surface area contributed by atoms with E-state index in [2.05, 4.69) is 24.3 Å². The number of nitrogens with zero attached hydrogens (tertiary/aromatic N) is 2. The largest absolute Gasteiger partial charge is 0.492 e. The molecule has 0 atom stereocenters. The molecule has 146 valence electrons. The lowest BCUT2D eigenvalue weighted by Gasteiger charge is -2.13. The quantitative estimate of drug-likeness (QED) is 0.653. The lowest BCUT2D eigenvalue weighted by atomic mass is 10.0. The molecule has 6 nitrogen and oxygen atoms in total. The number of aryl methyl sites for hydroxylation is 1. The van der Waals surface area contributed by atoms with Crippen molar-refractivity contribution >= 4 is 11.6 Å². The molecule has 0 radical (unpaired) electrons. The van der Waals surface area contributed by atoms with Crippen LogP contribution in [0.4, 0.5) is 5.69 Å². The highest BCUT2D eigenvalue weighted by Crippen LogP contribution is 2.24. The molecule has 1 heterocycles. The summed E-state index contributed by atoms with van der Waals surface area (Å²) < 4.78 is 7.30. The van der Waals surface area contributed by atoms with Gasteiger partial charge in [-0.15, -0.1) is 0 Å². The Morgan fingerprint density at radius 1 is 1.14 bits per heavy atom. The number of anilines is 1. The van der Waals surface area contributed by atoms with E-state index in [1.54, 1.807) is 6.20 Å². The van der Waals surface area contributed by atoms with E-state index in [1.165, 1.54) is 5.56 Å². The summed E-state index contributed by atoms with van der Waals surface area (Å²) in [6, 6.07) is 15.3. The highest BCUT2D eigenvalue weighted by Gasteiger charge is 2.21. The van der Waals surface area contributed by atoms with Gasteiger partial charge in [0.1, 0.15) is 12.4 Å². The predicted molar refractivity (Wildman–Crippen MR) is 111 cm³/mol. The lowest BCUT2D eigenvalue weighted by Crippen LogP contribution is -2.15. The summed E-state index contributed by atoms with van der Waals surface area (Å²) in [7, 11) is 0. The fourth-order valence-electron chi connectivity index (χ4n) is 2.99. The van der Waals surface area contributed by atoms with Crippen molar-refractivity contribution in [2.24, 2.45) is 5.73 Å². The van der Waals surface area contributed by atoms with Gasteiger partial charge in [-0.05, 0) is 49.2 Å². The molecule has 1 amide bonds. The van der Waals surface area contributed by atoms with Gasteiger partial charge in [0.05, 0.1) is 23.1 Å². The van der Waals surface area contributed by atoms with Crippen molar-refractivity contribution in [2.75, 3.05) is 18.5 Å². The van der Waals surface area contributed by atoms with Crippen LogP contribution in [0.1, 0.15) is 41.4 Å². The van der Waals surface area contributed by atoms with E-state index in [0.29, 0.717) is 24.4 Å². The minimum atomic E-state index is -0.183. The summed E-state index contributed by atoms with van der Waals surface area (Å²) >= 11 is 0. The number of carbonyl (C=O) groups is 1. The monoisotopic (exact) mass is 378 g/mol. The molecular formula is C22H26N4O2. The van der Waals surface area contributed by atoms with Crippen molar-refractivity contribution in [3.8, 4) is 11.4 Å². The zero-order valence-electron chi connectivity index (χ0n) is 16.5. The van der Waals surface area contributed by atoms with E-state index in [0.717, 1.165) is 17.1 Å². The zero-order valence-corrected chi connectivity index (χ0v) is 16.5. The van der Waals surface area contributed by atoms with E-state index in [-0.39, 0.29) is 11.8 Å². The highest BCUT2D eigenvalue weighted by atomic mass is 16.5. The number of ether oxygens (including phenoxy) is 1. The molecule has 0 saturated heterocycles. The first-order valence-electron chi connectivity index (χ1n) is 9.39. The number of hydrogen-bond acceptors (Lipinski definition) is 4. The molecule has 0 aliphatic heterocycles. The van der Waals surface area contributed by atoms with Crippen LogP contribution in [0.25, 0.3) is 5.69 Å². The molecule has 1 aromatic heterocycles. The summed E-state index contributed by atoms with van der Waals surface area (Å²) in [5.41, 5.74) is 9.70. The molecule has 0 aliphatic carbocycles. The van der Waals surface area contributed by atoms with Crippen LogP contribution in [0.5, 0.6) is 5.75 Å². The van der Waals surface area contributed by atoms with Gasteiger partial charge in [-0.2, -0.15) is 5.10 Å². The number of benzene rings is 2. The number of nitrogens with two attached hydrogens (primary N) is 1. The third-order valence-electron chi connectivity index (χ3n) is 4.38. The van der Waals surface area contributed by atoms with Gasteiger partial charge in [0.2, 0.25) is 0 Å². The molecule has 0 fully saturated rings. The van der Waals surface area contributed by atoms with E-state index < -0.39 is 0 Å². The first kappa shape index (κ1) is 19.6. The average Bonchev–Trinajstić information content (AvgIpc) is 3.13. The Kier molecular flexibility index (Phi) is 6.11.